The fourth-order valence-corrected chi connectivity index (χ4v) is 3.61. The van der Waals surface area contributed by atoms with Crippen LogP contribution in [0.25, 0.3) is 0 Å². The molecule has 0 radical (unpaired) electrons. The van der Waals surface area contributed by atoms with Gasteiger partial charge in [-0.2, -0.15) is 0 Å². The van der Waals surface area contributed by atoms with Gasteiger partial charge < -0.3 is 5.32 Å². The number of nitrogens with one attached hydrogen (secondary N) is 1. The minimum absolute atomic E-state index is 0.00486. The van der Waals surface area contributed by atoms with E-state index in [1.165, 1.54) is 4.90 Å². The lowest BCUT2D eigenvalue weighted by atomic mass is 10.2. The Morgan fingerprint density at radius 2 is 1.90 bits per heavy atom. The summed E-state index contributed by atoms with van der Waals surface area (Å²) >= 11 is 0. The standard InChI is InChI=1S/C13H22N2O4S/c1-2-20(18,19)8-7-14-11-9-12(16)15(13(11)17)10-5-3-4-6-10/h10-11,14H,2-9H2,1H3. The Labute approximate surface area is 119 Å². The first-order valence-electron chi connectivity index (χ1n) is 7.24. The molecule has 20 heavy (non-hydrogen) atoms. The quantitative estimate of drug-likeness (QED) is 0.703. The van der Waals surface area contributed by atoms with Crippen LogP contribution in [0.5, 0.6) is 0 Å². The van der Waals surface area contributed by atoms with Crippen LogP contribution in [0.2, 0.25) is 0 Å². The molecule has 2 rings (SSSR count). The summed E-state index contributed by atoms with van der Waals surface area (Å²) in [6.07, 6.45) is 4.08. The largest absolute Gasteiger partial charge is 0.304 e. The van der Waals surface area contributed by atoms with Gasteiger partial charge in [0.2, 0.25) is 11.8 Å². The van der Waals surface area contributed by atoms with Crippen molar-refractivity contribution in [1.82, 2.24) is 10.2 Å². The third-order valence-electron chi connectivity index (χ3n) is 4.12. The van der Waals surface area contributed by atoms with Crippen LogP contribution in [0, 0.1) is 0 Å². The molecule has 7 heteroatoms. The zero-order valence-corrected chi connectivity index (χ0v) is 12.6. The van der Waals surface area contributed by atoms with Crippen molar-refractivity contribution in [1.29, 1.82) is 0 Å². The molecule has 1 aliphatic heterocycles. The summed E-state index contributed by atoms with van der Waals surface area (Å²) in [6, 6.07) is -0.490. The monoisotopic (exact) mass is 302 g/mol. The van der Waals surface area contributed by atoms with Crippen LogP contribution in [-0.2, 0) is 19.4 Å². The molecule has 114 valence electrons. The Bertz CT molecular complexity index is 483. The van der Waals surface area contributed by atoms with E-state index in [1.54, 1.807) is 6.92 Å². The van der Waals surface area contributed by atoms with Crippen molar-refractivity contribution in [2.45, 2.75) is 51.1 Å². The van der Waals surface area contributed by atoms with Crippen LogP contribution in [-0.4, -0.2) is 55.3 Å². The summed E-state index contributed by atoms with van der Waals surface area (Å²) in [5, 5.41) is 2.91. The van der Waals surface area contributed by atoms with E-state index in [-0.39, 0.29) is 42.3 Å². The zero-order chi connectivity index (χ0) is 14.8. The normalized spacial score (nSPS) is 24.9. The number of hydrogen-bond acceptors (Lipinski definition) is 5. The Hall–Kier alpha value is -0.950. The van der Waals surface area contributed by atoms with Gasteiger partial charge in [0.1, 0.15) is 0 Å². The van der Waals surface area contributed by atoms with E-state index in [0.717, 1.165) is 25.7 Å². The Balaban J connectivity index is 1.88. The van der Waals surface area contributed by atoms with Gasteiger partial charge in [0.05, 0.1) is 18.2 Å². The molecule has 2 fully saturated rings. The van der Waals surface area contributed by atoms with E-state index >= 15 is 0 Å². The van der Waals surface area contributed by atoms with E-state index in [0.29, 0.717) is 0 Å². The van der Waals surface area contributed by atoms with Crippen LogP contribution in [0.3, 0.4) is 0 Å². The molecule has 1 heterocycles. The molecule has 0 aromatic heterocycles. The van der Waals surface area contributed by atoms with Crippen molar-refractivity contribution >= 4 is 21.7 Å². The molecule has 1 saturated carbocycles. The maximum absolute atomic E-state index is 12.2. The minimum atomic E-state index is -3.04. The van der Waals surface area contributed by atoms with Crippen LogP contribution in [0.1, 0.15) is 39.0 Å². The zero-order valence-electron chi connectivity index (χ0n) is 11.8. The van der Waals surface area contributed by atoms with E-state index in [4.69, 9.17) is 0 Å². The number of nitrogens with zero attached hydrogens (tertiary/aromatic N) is 1. The van der Waals surface area contributed by atoms with Gasteiger partial charge in [0.15, 0.2) is 9.84 Å². The summed E-state index contributed by atoms with van der Waals surface area (Å²) < 4.78 is 22.8. The van der Waals surface area contributed by atoms with Crippen LogP contribution < -0.4 is 5.32 Å². The van der Waals surface area contributed by atoms with Crippen molar-refractivity contribution in [3.63, 3.8) is 0 Å². The Morgan fingerprint density at radius 3 is 2.50 bits per heavy atom. The molecule has 1 atom stereocenters. The molecule has 1 saturated heterocycles. The SMILES string of the molecule is CCS(=O)(=O)CCNC1CC(=O)N(C2CCCC2)C1=O. The van der Waals surface area contributed by atoms with Crippen LogP contribution >= 0.6 is 0 Å². The predicted molar refractivity (Wildman–Crippen MR) is 74.8 cm³/mol. The molecule has 1 unspecified atom stereocenters. The summed E-state index contributed by atoms with van der Waals surface area (Å²) in [7, 11) is -3.04. The summed E-state index contributed by atoms with van der Waals surface area (Å²) in [4.78, 5) is 25.6. The van der Waals surface area contributed by atoms with Gasteiger partial charge in [0.25, 0.3) is 0 Å². The first-order valence-corrected chi connectivity index (χ1v) is 9.06. The molecule has 2 amide bonds. The molecule has 0 aromatic rings. The fourth-order valence-electron chi connectivity index (χ4n) is 2.89. The van der Waals surface area contributed by atoms with E-state index in [1.807, 2.05) is 0 Å². The topological polar surface area (TPSA) is 83.6 Å². The minimum Gasteiger partial charge on any atom is -0.304 e. The summed E-state index contributed by atoms with van der Waals surface area (Å²) in [5.41, 5.74) is 0. The molecule has 6 nitrogen and oxygen atoms in total. The highest BCUT2D eigenvalue weighted by Gasteiger charge is 2.42. The molecule has 1 aliphatic carbocycles. The van der Waals surface area contributed by atoms with Gasteiger partial charge in [-0.15, -0.1) is 0 Å². The maximum Gasteiger partial charge on any atom is 0.247 e. The summed E-state index contributed by atoms with van der Waals surface area (Å²) in [6.45, 7) is 1.82. The van der Waals surface area contributed by atoms with E-state index in [2.05, 4.69) is 5.32 Å². The lowest BCUT2D eigenvalue weighted by Crippen LogP contribution is -2.44. The Kier molecular flexibility index (Phi) is 4.80. The number of rotatable bonds is 6. The number of amides is 2. The van der Waals surface area contributed by atoms with Crippen LogP contribution in [0.4, 0.5) is 0 Å². The third kappa shape index (κ3) is 3.38. The second kappa shape index (κ2) is 6.22. The van der Waals surface area contributed by atoms with E-state index < -0.39 is 15.9 Å². The summed E-state index contributed by atoms with van der Waals surface area (Å²) in [5.74, 6) is -0.209. The molecule has 2 aliphatic rings. The average Bonchev–Trinajstić information content (AvgIpc) is 2.99. The maximum atomic E-state index is 12.2. The first kappa shape index (κ1) is 15.4. The smallest absolute Gasteiger partial charge is 0.247 e. The second-order valence-electron chi connectivity index (χ2n) is 5.49. The van der Waals surface area contributed by atoms with Gasteiger partial charge >= 0.3 is 0 Å². The molecular weight excluding hydrogens is 280 g/mol. The highest BCUT2D eigenvalue weighted by Crippen LogP contribution is 2.28. The van der Waals surface area contributed by atoms with Gasteiger partial charge in [-0.3, -0.25) is 14.5 Å². The third-order valence-corrected chi connectivity index (χ3v) is 5.82. The fraction of sp³-hybridized carbons (Fsp3) is 0.846. The molecule has 0 spiro atoms. The Morgan fingerprint density at radius 1 is 1.25 bits per heavy atom. The number of carbonyl (C=O) groups is 2. The number of sulfone groups is 1. The van der Waals surface area contributed by atoms with Crippen molar-refractivity contribution in [2.75, 3.05) is 18.1 Å². The van der Waals surface area contributed by atoms with Crippen molar-refractivity contribution in [3.8, 4) is 0 Å². The molecule has 1 N–H and O–H groups in total. The first-order chi connectivity index (χ1) is 9.44. The molecule has 0 bridgehead atoms. The van der Waals surface area contributed by atoms with Gasteiger partial charge in [-0.1, -0.05) is 19.8 Å². The number of hydrogen-bond donors (Lipinski definition) is 1. The van der Waals surface area contributed by atoms with E-state index in [9.17, 15) is 18.0 Å². The number of carbonyl (C=O) groups excluding carboxylic acids is 2. The van der Waals surface area contributed by atoms with Gasteiger partial charge in [-0.25, -0.2) is 8.42 Å². The highest BCUT2D eigenvalue weighted by atomic mass is 32.2. The van der Waals surface area contributed by atoms with Crippen LogP contribution in [0.15, 0.2) is 0 Å². The average molecular weight is 302 g/mol. The number of imide groups is 1. The predicted octanol–water partition coefficient (Wildman–Crippen LogP) is 0.0808. The van der Waals surface area contributed by atoms with Gasteiger partial charge in [0, 0.05) is 18.3 Å². The lowest BCUT2D eigenvalue weighted by Gasteiger charge is -2.22. The van der Waals surface area contributed by atoms with Crippen molar-refractivity contribution in [2.24, 2.45) is 0 Å². The van der Waals surface area contributed by atoms with Crippen molar-refractivity contribution in [3.05, 3.63) is 0 Å². The van der Waals surface area contributed by atoms with Gasteiger partial charge in [-0.05, 0) is 12.8 Å². The lowest BCUT2D eigenvalue weighted by molar-refractivity contribution is -0.141. The number of likely N-dealkylation sites (tertiary alicyclic amines) is 1. The highest BCUT2D eigenvalue weighted by molar-refractivity contribution is 7.91. The molecule has 0 aromatic carbocycles. The van der Waals surface area contributed by atoms with Crippen molar-refractivity contribution < 1.29 is 18.0 Å². The second-order valence-corrected chi connectivity index (χ2v) is 7.96. The molecular formula is C13H22N2O4S.